The molecule has 0 bridgehead atoms. The normalized spacial score (nSPS) is 12.5. The van der Waals surface area contributed by atoms with E-state index in [9.17, 15) is 4.79 Å². The fourth-order valence-corrected chi connectivity index (χ4v) is 2.83. The van der Waals surface area contributed by atoms with Gasteiger partial charge in [-0.1, -0.05) is 37.3 Å². The predicted octanol–water partition coefficient (Wildman–Crippen LogP) is 2.33. The van der Waals surface area contributed by atoms with E-state index < -0.39 is 0 Å². The highest BCUT2D eigenvalue weighted by atomic mass is 16.5. The monoisotopic (exact) mass is 338 g/mol. The number of hydrogen-bond acceptors (Lipinski definition) is 5. The van der Waals surface area contributed by atoms with Crippen LogP contribution in [0, 0.1) is 5.92 Å². The van der Waals surface area contributed by atoms with Crippen molar-refractivity contribution in [1.29, 1.82) is 0 Å². The Morgan fingerprint density at radius 2 is 2.00 bits per heavy atom. The fraction of sp³-hybridized carbons (Fsp3) is 0.316. The lowest BCUT2D eigenvalue weighted by atomic mass is 10.1. The van der Waals surface area contributed by atoms with E-state index in [0.717, 1.165) is 12.1 Å². The minimum absolute atomic E-state index is 0.158. The summed E-state index contributed by atoms with van der Waals surface area (Å²) in [7, 11) is 4.05. The van der Waals surface area contributed by atoms with Gasteiger partial charge in [0.2, 0.25) is 5.88 Å². The van der Waals surface area contributed by atoms with Crippen LogP contribution in [0.1, 0.15) is 6.92 Å². The Hall–Kier alpha value is -2.73. The van der Waals surface area contributed by atoms with Gasteiger partial charge in [0.05, 0.1) is 12.8 Å². The van der Waals surface area contributed by atoms with Gasteiger partial charge in [0.1, 0.15) is 5.56 Å². The molecule has 0 spiro atoms. The Morgan fingerprint density at radius 3 is 2.72 bits per heavy atom. The van der Waals surface area contributed by atoms with Crippen LogP contribution < -0.4 is 10.3 Å². The first-order chi connectivity index (χ1) is 12.1. The topological polar surface area (TPSA) is 59.7 Å². The van der Waals surface area contributed by atoms with E-state index in [1.807, 2.05) is 44.4 Å². The molecule has 0 fully saturated rings. The maximum absolute atomic E-state index is 13.0. The number of hydrogen-bond donors (Lipinski definition) is 0. The van der Waals surface area contributed by atoms with E-state index in [0.29, 0.717) is 29.6 Å². The SMILES string of the molecule is CC(COc1nc2cnccn2c(=O)c1-c1ccccc1)CN(C)C. The van der Waals surface area contributed by atoms with Gasteiger partial charge in [-0.15, -0.1) is 0 Å². The van der Waals surface area contributed by atoms with Crippen molar-refractivity contribution in [2.24, 2.45) is 5.92 Å². The molecule has 0 aliphatic heterocycles. The van der Waals surface area contributed by atoms with Crippen LogP contribution in [0.2, 0.25) is 0 Å². The summed E-state index contributed by atoms with van der Waals surface area (Å²) in [6.07, 6.45) is 4.76. The van der Waals surface area contributed by atoms with Crippen LogP contribution in [0.15, 0.2) is 53.7 Å². The molecule has 0 N–H and O–H groups in total. The Kier molecular flexibility index (Phi) is 5.09. The molecule has 0 radical (unpaired) electrons. The van der Waals surface area contributed by atoms with E-state index in [2.05, 4.69) is 21.8 Å². The first-order valence-corrected chi connectivity index (χ1v) is 8.25. The van der Waals surface area contributed by atoms with E-state index in [-0.39, 0.29) is 5.56 Å². The van der Waals surface area contributed by atoms with E-state index in [1.165, 1.54) is 4.40 Å². The Balaban J connectivity index is 2.05. The van der Waals surface area contributed by atoms with Crippen LogP contribution in [0.4, 0.5) is 0 Å². The van der Waals surface area contributed by atoms with Gasteiger partial charge in [0.25, 0.3) is 5.56 Å². The Labute approximate surface area is 146 Å². The van der Waals surface area contributed by atoms with Crippen molar-refractivity contribution in [3.05, 3.63) is 59.3 Å². The van der Waals surface area contributed by atoms with Crippen LogP contribution in [-0.4, -0.2) is 46.5 Å². The van der Waals surface area contributed by atoms with Crippen molar-refractivity contribution in [2.45, 2.75) is 6.92 Å². The van der Waals surface area contributed by atoms with Gasteiger partial charge in [-0.25, -0.2) is 0 Å². The second kappa shape index (κ2) is 7.44. The van der Waals surface area contributed by atoms with Crippen molar-refractivity contribution in [1.82, 2.24) is 19.3 Å². The van der Waals surface area contributed by atoms with Crippen LogP contribution >= 0.6 is 0 Å². The standard InChI is InChI=1S/C19H22N4O2/c1-14(12-22(2)3)13-25-18-17(15-7-5-4-6-8-15)19(24)23-10-9-20-11-16(23)21-18/h4-11,14H,12-13H2,1-3H3. The van der Waals surface area contributed by atoms with Crippen LogP contribution in [-0.2, 0) is 0 Å². The minimum atomic E-state index is -0.158. The number of nitrogens with zero attached hydrogens (tertiary/aromatic N) is 4. The highest BCUT2D eigenvalue weighted by molar-refractivity contribution is 5.69. The third-order valence-electron chi connectivity index (χ3n) is 3.85. The maximum atomic E-state index is 13.0. The van der Waals surface area contributed by atoms with E-state index >= 15 is 0 Å². The average Bonchev–Trinajstić information content (AvgIpc) is 2.60. The van der Waals surface area contributed by atoms with Gasteiger partial charge in [-0.3, -0.25) is 14.2 Å². The molecule has 1 aromatic carbocycles. The summed E-state index contributed by atoms with van der Waals surface area (Å²) in [5.74, 6) is 0.669. The third-order valence-corrected chi connectivity index (χ3v) is 3.85. The molecular formula is C19H22N4O2. The smallest absolute Gasteiger partial charge is 0.269 e. The maximum Gasteiger partial charge on any atom is 0.269 e. The highest BCUT2D eigenvalue weighted by Crippen LogP contribution is 2.25. The zero-order valence-corrected chi connectivity index (χ0v) is 14.7. The first-order valence-electron chi connectivity index (χ1n) is 8.25. The van der Waals surface area contributed by atoms with Gasteiger partial charge < -0.3 is 9.64 Å². The summed E-state index contributed by atoms with van der Waals surface area (Å²) < 4.78 is 7.46. The van der Waals surface area contributed by atoms with Crippen LogP contribution in [0.25, 0.3) is 16.8 Å². The summed E-state index contributed by atoms with van der Waals surface area (Å²) in [6, 6.07) is 9.49. The van der Waals surface area contributed by atoms with E-state index in [1.54, 1.807) is 18.6 Å². The molecule has 0 aliphatic rings. The van der Waals surface area contributed by atoms with Gasteiger partial charge >= 0.3 is 0 Å². The molecule has 1 unspecified atom stereocenters. The van der Waals surface area contributed by atoms with E-state index in [4.69, 9.17) is 4.74 Å². The molecule has 25 heavy (non-hydrogen) atoms. The van der Waals surface area contributed by atoms with Crippen LogP contribution in [0.5, 0.6) is 5.88 Å². The molecule has 1 atom stereocenters. The summed E-state index contributed by atoms with van der Waals surface area (Å²) in [6.45, 7) is 3.49. The molecule has 3 rings (SSSR count). The third kappa shape index (κ3) is 3.85. The number of aromatic nitrogens is 3. The molecule has 6 heteroatoms. The summed E-state index contributed by atoms with van der Waals surface area (Å²) in [4.78, 5) is 23.7. The fourth-order valence-electron chi connectivity index (χ4n) is 2.83. The van der Waals surface area contributed by atoms with Crippen LogP contribution in [0.3, 0.4) is 0 Å². The molecule has 0 saturated heterocycles. The first kappa shape index (κ1) is 17.1. The van der Waals surface area contributed by atoms with Gasteiger partial charge in [-0.05, 0) is 19.7 Å². The molecule has 0 amide bonds. The van der Waals surface area contributed by atoms with Crippen molar-refractivity contribution >= 4 is 5.65 Å². The molecule has 130 valence electrons. The highest BCUT2D eigenvalue weighted by Gasteiger charge is 2.17. The molecular weight excluding hydrogens is 316 g/mol. The van der Waals surface area contributed by atoms with Crippen molar-refractivity contribution in [3.8, 4) is 17.0 Å². The summed E-state index contributed by atoms with van der Waals surface area (Å²) in [5, 5.41) is 0. The van der Waals surface area contributed by atoms with Crippen molar-refractivity contribution < 1.29 is 4.74 Å². The Morgan fingerprint density at radius 1 is 1.24 bits per heavy atom. The van der Waals surface area contributed by atoms with Gasteiger partial charge in [0.15, 0.2) is 5.65 Å². The lowest BCUT2D eigenvalue weighted by Crippen LogP contribution is -2.25. The lowest BCUT2D eigenvalue weighted by Gasteiger charge is -2.18. The zero-order valence-electron chi connectivity index (χ0n) is 14.7. The second-order valence-electron chi connectivity index (χ2n) is 6.45. The molecule has 2 heterocycles. The summed E-state index contributed by atoms with van der Waals surface area (Å²) >= 11 is 0. The van der Waals surface area contributed by atoms with Gasteiger partial charge in [-0.2, -0.15) is 4.98 Å². The summed E-state index contributed by atoms with van der Waals surface area (Å²) in [5.41, 5.74) is 1.58. The molecule has 2 aromatic heterocycles. The number of ether oxygens (including phenoxy) is 1. The zero-order chi connectivity index (χ0) is 17.8. The second-order valence-corrected chi connectivity index (χ2v) is 6.45. The lowest BCUT2D eigenvalue weighted by molar-refractivity contribution is 0.217. The van der Waals surface area contributed by atoms with Crippen molar-refractivity contribution in [3.63, 3.8) is 0 Å². The molecule has 0 aliphatic carbocycles. The number of fused-ring (bicyclic) bond motifs is 1. The van der Waals surface area contributed by atoms with Crippen molar-refractivity contribution in [2.75, 3.05) is 27.2 Å². The average molecular weight is 338 g/mol. The number of benzene rings is 1. The number of rotatable bonds is 6. The quantitative estimate of drug-likeness (QED) is 0.690. The van der Waals surface area contributed by atoms with Gasteiger partial charge in [0, 0.05) is 24.9 Å². The molecule has 6 nitrogen and oxygen atoms in total. The molecule has 0 saturated carbocycles. The largest absolute Gasteiger partial charge is 0.477 e. The predicted molar refractivity (Wildman–Crippen MR) is 97.9 cm³/mol. The Bertz CT molecular complexity index is 906. The molecule has 3 aromatic rings. The minimum Gasteiger partial charge on any atom is -0.477 e.